The maximum atomic E-state index is 12.8. The molecule has 3 amide bonds. The zero-order chi connectivity index (χ0) is 19.2. The maximum absolute atomic E-state index is 12.8. The molecule has 4 N–H and O–H groups in total. The van der Waals surface area contributed by atoms with E-state index in [-0.39, 0.29) is 18.2 Å². The Labute approximate surface area is 157 Å². The lowest BCUT2D eigenvalue weighted by molar-refractivity contribution is -0.136. The lowest BCUT2D eigenvalue weighted by Crippen LogP contribution is -2.61. The van der Waals surface area contributed by atoms with E-state index in [1.807, 2.05) is 18.2 Å². The highest BCUT2D eigenvalue weighted by Gasteiger charge is 2.41. The summed E-state index contributed by atoms with van der Waals surface area (Å²) in [4.78, 5) is 39.9. The number of carbonyl (C=O) groups excluding carboxylic acids is 3. The summed E-state index contributed by atoms with van der Waals surface area (Å²) in [7, 11) is 0. The van der Waals surface area contributed by atoms with Gasteiger partial charge in [0.15, 0.2) is 0 Å². The Bertz CT molecular complexity index is 803. The van der Waals surface area contributed by atoms with Crippen molar-refractivity contribution >= 4 is 17.7 Å². The fourth-order valence-electron chi connectivity index (χ4n) is 4.28. The molecule has 1 aromatic rings. The number of nitrogens with two attached hydrogens (primary N) is 1. The standard InChI is InChI=1S/C19H24N4O4/c20-6-5-19(27)10-22(11-19)8-12-1-2-13-9-23(18(26)14(13)7-12)15-3-4-16(24)21-17(15)25/h1-2,7,15,27H,3-6,8-11,20H2,(H,21,24,25). The number of hydrogen-bond acceptors (Lipinski definition) is 6. The molecular formula is C19H24N4O4. The number of aliphatic hydroxyl groups is 1. The Hall–Kier alpha value is -2.29. The minimum Gasteiger partial charge on any atom is -0.387 e. The Balaban J connectivity index is 1.43. The van der Waals surface area contributed by atoms with Crippen molar-refractivity contribution < 1.29 is 19.5 Å². The van der Waals surface area contributed by atoms with Gasteiger partial charge in [-0.1, -0.05) is 12.1 Å². The van der Waals surface area contributed by atoms with Crippen LogP contribution < -0.4 is 11.1 Å². The van der Waals surface area contributed by atoms with E-state index in [9.17, 15) is 19.5 Å². The molecule has 0 aliphatic carbocycles. The van der Waals surface area contributed by atoms with E-state index in [4.69, 9.17) is 5.73 Å². The lowest BCUT2D eigenvalue weighted by atomic mass is 9.90. The smallest absolute Gasteiger partial charge is 0.255 e. The summed E-state index contributed by atoms with van der Waals surface area (Å²) in [5, 5.41) is 12.5. The first-order chi connectivity index (χ1) is 12.9. The third-order valence-corrected chi connectivity index (χ3v) is 5.64. The Morgan fingerprint density at radius 3 is 2.74 bits per heavy atom. The fourth-order valence-corrected chi connectivity index (χ4v) is 4.28. The van der Waals surface area contributed by atoms with E-state index in [1.165, 1.54) is 0 Å². The van der Waals surface area contributed by atoms with Gasteiger partial charge in [0.05, 0.1) is 5.60 Å². The van der Waals surface area contributed by atoms with E-state index in [1.54, 1.807) is 4.90 Å². The molecule has 8 nitrogen and oxygen atoms in total. The molecule has 1 unspecified atom stereocenters. The number of imide groups is 1. The van der Waals surface area contributed by atoms with Gasteiger partial charge in [0.25, 0.3) is 5.91 Å². The van der Waals surface area contributed by atoms with Crippen LogP contribution in [0.5, 0.6) is 0 Å². The van der Waals surface area contributed by atoms with Crippen LogP contribution in [-0.2, 0) is 22.7 Å². The Kier molecular flexibility index (Phi) is 4.49. The molecule has 0 bridgehead atoms. The summed E-state index contributed by atoms with van der Waals surface area (Å²) in [5.41, 5.74) is 7.35. The van der Waals surface area contributed by atoms with Crippen LogP contribution in [0.25, 0.3) is 0 Å². The summed E-state index contributed by atoms with van der Waals surface area (Å²) in [5.74, 6) is -0.844. The number of likely N-dealkylation sites (tertiary alicyclic amines) is 1. The lowest BCUT2D eigenvalue weighted by Gasteiger charge is -2.46. The minimum atomic E-state index is -0.691. The SMILES string of the molecule is NCCC1(O)CN(Cc2ccc3c(c2)C(=O)N(C2CCC(=O)NC2=O)C3)C1. The number of fused-ring (bicyclic) bond motifs is 1. The van der Waals surface area contributed by atoms with Crippen molar-refractivity contribution in [3.63, 3.8) is 0 Å². The molecule has 0 saturated carbocycles. The van der Waals surface area contributed by atoms with Crippen molar-refractivity contribution in [3.8, 4) is 0 Å². The van der Waals surface area contributed by atoms with Crippen LogP contribution in [-0.4, -0.2) is 63.9 Å². The van der Waals surface area contributed by atoms with Crippen LogP contribution in [0.15, 0.2) is 18.2 Å². The number of nitrogens with zero attached hydrogens (tertiary/aromatic N) is 2. The van der Waals surface area contributed by atoms with Crippen LogP contribution >= 0.6 is 0 Å². The molecule has 3 aliphatic rings. The second-order valence-corrected chi connectivity index (χ2v) is 7.80. The molecule has 27 heavy (non-hydrogen) atoms. The molecule has 0 aromatic heterocycles. The number of benzene rings is 1. The molecule has 3 heterocycles. The molecule has 0 spiro atoms. The summed E-state index contributed by atoms with van der Waals surface area (Å²) < 4.78 is 0. The van der Waals surface area contributed by atoms with Gasteiger partial charge < -0.3 is 15.7 Å². The molecule has 1 atom stereocenters. The second kappa shape index (κ2) is 6.70. The van der Waals surface area contributed by atoms with Gasteiger partial charge in [-0.3, -0.25) is 24.6 Å². The molecule has 1 aromatic carbocycles. The van der Waals surface area contributed by atoms with E-state index in [2.05, 4.69) is 10.2 Å². The van der Waals surface area contributed by atoms with E-state index in [0.29, 0.717) is 51.1 Å². The van der Waals surface area contributed by atoms with Crippen molar-refractivity contribution in [3.05, 3.63) is 34.9 Å². The molecular weight excluding hydrogens is 348 g/mol. The zero-order valence-electron chi connectivity index (χ0n) is 15.1. The molecule has 2 saturated heterocycles. The van der Waals surface area contributed by atoms with E-state index >= 15 is 0 Å². The largest absolute Gasteiger partial charge is 0.387 e. The average molecular weight is 372 g/mol. The number of hydrogen-bond donors (Lipinski definition) is 3. The summed E-state index contributed by atoms with van der Waals surface area (Å²) in [6.07, 6.45) is 1.21. The van der Waals surface area contributed by atoms with Gasteiger partial charge >= 0.3 is 0 Å². The maximum Gasteiger partial charge on any atom is 0.255 e. The third kappa shape index (κ3) is 3.36. The van der Waals surface area contributed by atoms with Gasteiger partial charge in [0.2, 0.25) is 11.8 Å². The topological polar surface area (TPSA) is 116 Å². The van der Waals surface area contributed by atoms with Gasteiger partial charge in [0.1, 0.15) is 6.04 Å². The first-order valence-electron chi connectivity index (χ1n) is 9.30. The van der Waals surface area contributed by atoms with E-state index < -0.39 is 17.6 Å². The number of β-amino-alcohol motifs (C(OH)–C–C–N with tert-alkyl or cyclic N) is 1. The molecule has 0 radical (unpaired) electrons. The van der Waals surface area contributed by atoms with Crippen LogP contribution in [0.2, 0.25) is 0 Å². The van der Waals surface area contributed by atoms with Crippen molar-refractivity contribution in [1.82, 2.24) is 15.1 Å². The molecule has 3 aliphatic heterocycles. The normalized spacial score (nSPS) is 24.6. The van der Waals surface area contributed by atoms with Crippen molar-refractivity contribution in [1.29, 1.82) is 0 Å². The number of nitrogens with one attached hydrogen (secondary N) is 1. The first-order valence-corrected chi connectivity index (χ1v) is 9.30. The first kappa shape index (κ1) is 18.1. The highest BCUT2D eigenvalue weighted by Crippen LogP contribution is 2.30. The minimum absolute atomic E-state index is 0.162. The number of carbonyl (C=O) groups is 3. The van der Waals surface area contributed by atoms with Crippen LogP contribution in [0.1, 0.15) is 40.7 Å². The quantitative estimate of drug-likeness (QED) is 0.591. The fraction of sp³-hybridized carbons (Fsp3) is 0.526. The predicted octanol–water partition coefficient (Wildman–Crippen LogP) is -0.657. The van der Waals surface area contributed by atoms with Crippen molar-refractivity contribution in [2.45, 2.75) is 44.0 Å². The van der Waals surface area contributed by atoms with Gasteiger partial charge in [-0.2, -0.15) is 0 Å². The molecule has 144 valence electrons. The van der Waals surface area contributed by atoms with Crippen molar-refractivity contribution in [2.75, 3.05) is 19.6 Å². The van der Waals surface area contributed by atoms with E-state index in [0.717, 1.165) is 11.1 Å². The summed E-state index contributed by atoms with van der Waals surface area (Å²) in [6.45, 7) is 2.68. The highest BCUT2D eigenvalue weighted by atomic mass is 16.3. The summed E-state index contributed by atoms with van der Waals surface area (Å²) in [6, 6.07) is 5.21. The number of rotatable bonds is 5. The van der Waals surface area contributed by atoms with Gasteiger partial charge in [-0.15, -0.1) is 0 Å². The van der Waals surface area contributed by atoms with Gasteiger partial charge in [-0.05, 0) is 36.6 Å². The monoisotopic (exact) mass is 372 g/mol. The Morgan fingerprint density at radius 2 is 2.04 bits per heavy atom. The summed E-state index contributed by atoms with van der Waals surface area (Å²) >= 11 is 0. The van der Waals surface area contributed by atoms with Crippen LogP contribution in [0, 0.1) is 0 Å². The van der Waals surface area contributed by atoms with Gasteiger partial charge in [0, 0.05) is 38.2 Å². The molecule has 2 fully saturated rings. The molecule has 4 rings (SSSR count). The van der Waals surface area contributed by atoms with Crippen molar-refractivity contribution in [2.24, 2.45) is 5.73 Å². The zero-order valence-corrected chi connectivity index (χ0v) is 15.1. The Morgan fingerprint density at radius 1 is 1.26 bits per heavy atom. The highest BCUT2D eigenvalue weighted by molar-refractivity contribution is 6.05. The predicted molar refractivity (Wildman–Crippen MR) is 96.4 cm³/mol. The third-order valence-electron chi connectivity index (χ3n) is 5.64. The molecule has 8 heteroatoms. The second-order valence-electron chi connectivity index (χ2n) is 7.80. The van der Waals surface area contributed by atoms with Gasteiger partial charge in [-0.25, -0.2) is 0 Å². The number of piperidine rings is 1. The van der Waals surface area contributed by atoms with Crippen LogP contribution in [0.4, 0.5) is 0 Å². The average Bonchev–Trinajstić information content (AvgIpc) is 2.90. The number of amides is 3. The van der Waals surface area contributed by atoms with Crippen LogP contribution in [0.3, 0.4) is 0 Å².